The predicted octanol–water partition coefficient (Wildman–Crippen LogP) is 2.63. The summed E-state index contributed by atoms with van der Waals surface area (Å²) < 4.78 is 27.9. The predicted molar refractivity (Wildman–Crippen MR) is 93.6 cm³/mol. The van der Waals surface area contributed by atoms with E-state index in [0.29, 0.717) is 10.8 Å². The van der Waals surface area contributed by atoms with Crippen LogP contribution in [0.4, 0.5) is 0 Å². The van der Waals surface area contributed by atoms with Gasteiger partial charge in [-0.1, -0.05) is 0 Å². The number of thiazole rings is 1. The van der Waals surface area contributed by atoms with E-state index in [1.54, 1.807) is 17.4 Å². The van der Waals surface area contributed by atoms with Crippen molar-refractivity contribution in [2.24, 2.45) is 0 Å². The summed E-state index contributed by atoms with van der Waals surface area (Å²) in [5.41, 5.74) is 0.850. The summed E-state index contributed by atoms with van der Waals surface area (Å²) in [6.07, 6.45) is 1.89. The first-order chi connectivity index (χ1) is 10.0. The van der Waals surface area contributed by atoms with Crippen molar-refractivity contribution in [3.8, 4) is 10.6 Å². The standard InChI is InChI=1S/C13H17N3O2S3.ClH/c1-9-15-11(8-19-9)12-4-5-13(20-12)21(17,18)16-10-3-2-6-14-7-10;/h4-5,8,10,14,16H,2-3,6-7H2,1H3;1H. The van der Waals surface area contributed by atoms with Gasteiger partial charge in [-0.15, -0.1) is 35.1 Å². The second-order valence-electron chi connectivity index (χ2n) is 5.04. The molecule has 2 aromatic rings. The van der Waals surface area contributed by atoms with Crippen LogP contribution in [0.2, 0.25) is 0 Å². The average Bonchev–Trinajstić information content (AvgIpc) is 3.08. The second kappa shape index (κ2) is 7.37. The van der Waals surface area contributed by atoms with Crippen molar-refractivity contribution in [3.63, 3.8) is 0 Å². The summed E-state index contributed by atoms with van der Waals surface area (Å²) in [7, 11) is -3.44. The lowest BCUT2D eigenvalue weighted by atomic mass is 10.1. The van der Waals surface area contributed by atoms with E-state index >= 15 is 0 Å². The maximum Gasteiger partial charge on any atom is 0.250 e. The molecule has 3 rings (SSSR count). The molecule has 2 aromatic heterocycles. The van der Waals surface area contributed by atoms with Crippen molar-refractivity contribution in [2.75, 3.05) is 13.1 Å². The van der Waals surface area contributed by atoms with E-state index in [9.17, 15) is 8.42 Å². The number of aryl methyl sites for hydroxylation is 1. The van der Waals surface area contributed by atoms with E-state index in [1.165, 1.54) is 11.3 Å². The molecule has 0 saturated carbocycles. The van der Waals surface area contributed by atoms with Gasteiger partial charge in [0.1, 0.15) is 4.21 Å². The molecule has 0 radical (unpaired) electrons. The van der Waals surface area contributed by atoms with Crippen LogP contribution >= 0.6 is 35.1 Å². The van der Waals surface area contributed by atoms with Crippen LogP contribution in [0.3, 0.4) is 0 Å². The smallest absolute Gasteiger partial charge is 0.250 e. The first kappa shape index (κ1) is 17.8. The molecule has 0 bridgehead atoms. The van der Waals surface area contributed by atoms with Gasteiger partial charge in [0.25, 0.3) is 0 Å². The number of hydrogen-bond donors (Lipinski definition) is 2. The van der Waals surface area contributed by atoms with E-state index in [2.05, 4.69) is 15.0 Å². The van der Waals surface area contributed by atoms with Crippen molar-refractivity contribution >= 4 is 45.1 Å². The van der Waals surface area contributed by atoms with E-state index in [4.69, 9.17) is 0 Å². The highest BCUT2D eigenvalue weighted by Gasteiger charge is 2.23. The topological polar surface area (TPSA) is 71.1 Å². The number of sulfonamides is 1. The van der Waals surface area contributed by atoms with Crippen molar-refractivity contribution in [1.29, 1.82) is 0 Å². The average molecular weight is 380 g/mol. The molecule has 1 unspecified atom stereocenters. The Kier molecular flexibility index (Phi) is 5.98. The summed E-state index contributed by atoms with van der Waals surface area (Å²) in [4.78, 5) is 5.29. The Hall–Kier alpha value is -0.510. The van der Waals surface area contributed by atoms with Crippen molar-refractivity contribution in [1.82, 2.24) is 15.0 Å². The molecular formula is C13H18ClN3O2S3. The highest BCUT2D eigenvalue weighted by atomic mass is 35.5. The minimum Gasteiger partial charge on any atom is -0.315 e. The monoisotopic (exact) mass is 379 g/mol. The lowest BCUT2D eigenvalue weighted by Crippen LogP contribution is -2.45. The van der Waals surface area contributed by atoms with Gasteiger partial charge in [0.2, 0.25) is 10.0 Å². The third-order valence-electron chi connectivity index (χ3n) is 3.34. The molecule has 1 fully saturated rings. The van der Waals surface area contributed by atoms with Gasteiger partial charge in [-0.25, -0.2) is 18.1 Å². The summed E-state index contributed by atoms with van der Waals surface area (Å²) in [5, 5.41) is 6.15. The normalized spacial score (nSPS) is 18.9. The van der Waals surface area contributed by atoms with Gasteiger partial charge in [0, 0.05) is 18.0 Å². The molecule has 2 N–H and O–H groups in total. The first-order valence-electron chi connectivity index (χ1n) is 6.80. The SMILES string of the molecule is Cc1nc(-c2ccc(S(=O)(=O)NC3CCCNC3)s2)cs1.Cl. The number of hydrogen-bond acceptors (Lipinski definition) is 6. The van der Waals surface area contributed by atoms with E-state index in [0.717, 1.165) is 35.0 Å². The van der Waals surface area contributed by atoms with Crippen molar-refractivity contribution in [2.45, 2.75) is 30.0 Å². The van der Waals surface area contributed by atoms with Gasteiger partial charge in [-0.05, 0) is 38.4 Å². The zero-order valence-corrected chi connectivity index (χ0v) is 15.3. The Bertz CT molecular complexity index is 720. The van der Waals surface area contributed by atoms with E-state index < -0.39 is 10.0 Å². The minimum absolute atomic E-state index is 0. The molecule has 22 heavy (non-hydrogen) atoms. The maximum atomic E-state index is 12.4. The van der Waals surface area contributed by atoms with Crippen molar-refractivity contribution in [3.05, 3.63) is 22.5 Å². The Morgan fingerprint density at radius 3 is 2.86 bits per heavy atom. The van der Waals surface area contributed by atoms with Crippen LogP contribution in [0.15, 0.2) is 21.7 Å². The highest BCUT2D eigenvalue weighted by molar-refractivity contribution is 7.91. The Morgan fingerprint density at radius 2 is 2.23 bits per heavy atom. The second-order valence-corrected chi connectivity index (χ2v) is 9.12. The van der Waals surface area contributed by atoms with Gasteiger partial charge in [0.15, 0.2) is 0 Å². The molecule has 0 amide bonds. The highest BCUT2D eigenvalue weighted by Crippen LogP contribution is 2.31. The third-order valence-corrected chi connectivity index (χ3v) is 7.23. The van der Waals surface area contributed by atoms with Crippen molar-refractivity contribution < 1.29 is 8.42 Å². The molecule has 0 spiro atoms. The van der Waals surface area contributed by atoms with Crippen LogP contribution in [0.5, 0.6) is 0 Å². The molecule has 1 aliphatic heterocycles. The fourth-order valence-electron chi connectivity index (χ4n) is 2.31. The fraction of sp³-hybridized carbons (Fsp3) is 0.462. The third kappa shape index (κ3) is 4.06. The Morgan fingerprint density at radius 1 is 1.41 bits per heavy atom. The quantitative estimate of drug-likeness (QED) is 0.856. The molecule has 5 nitrogen and oxygen atoms in total. The van der Waals surface area contributed by atoms with E-state index in [1.807, 2.05) is 18.4 Å². The maximum absolute atomic E-state index is 12.4. The summed E-state index contributed by atoms with van der Waals surface area (Å²) >= 11 is 2.83. The van der Waals surface area contributed by atoms with Gasteiger partial charge in [-0.2, -0.15) is 0 Å². The van der Waals surface area contributed by atoms with Crippen LogP contribution in [-0.4, -0.2) is 32.5 Å². The fourth-order valence-corrected chi connectivity index (χ4v) is 5.55. The zero-order chi connectivity index (χ0) is 14.9. The first-order valence-corrected chi connectivity index (χ1v) is 9.98. The molecule has 1 saturated heterocycles. The number of thiophene rings is 1. The molecule has 1 atom stereocenters. The number of nitrogens with one attached hydrogen (secondary N) is 2. The number of aromatic nitrogens is 1. The number of rotatable bonds is 4. The largest absolute Gasteiger partial charge is 0.315 e. The van der Waals surface area contributed by atoms with Gasteiger partial charge >= 0.3 is 0 Å². The van der Waals surface area contributed by atoms with Gasteiger partial charge < -0.3 is 5.32 Å². The number of halogens is 1. The number of piperidine rings is 1. The van der Waals surface area contributed by atoms with Crippen LogP contribution in [-0.2, 0) is 10.0 Å². The molecule has 9 heteroatoms. The molecule has 0 aromatic carbocycles. The summed E-state index contributed by atoms with van der Waals surface area (Å²) in [5.74, 6) is 0. The Balaban J connectivity index is 0.00000176. The Labute approximate surface area is 144 Å². The molecule has 122 valence electrons. The molecule has 0 aliphatic carbocycles. The lowest BCUT2D eigenvalue weighted by molar-refractivity contribution is 0.429. The molecule has 3 heterocycles. The number of nitrogens with zero attached hydrogens (tertiary/aromatic N) is 1. The van der Waals surface area contributed by atoms with Crippen LogP contribution in [0.1, 0.15) is 17.8 Å². The minimum atomic E-state index is -3.44. The summed E-state index contributed by atoms with van der Waals surface area (Å²) in [6.45, 7) is 3.60. The molecule has 1 aliphatic rings. The zero-order valence-electron chi connectivity index (χ0n) is 12.0. The van der Waals surface area contributed by atoms with E-state index in [-0.39, 0.29) is 18.4 Å². The lowest BCUT2D eigenvalue weighted by Gasteiger charge is -2.23. The van der Waals surface area contributed by atoms with Crippen LogP contribution < -0.4 is 10.0 Å². The van der Waals surface area contributed by atoms with Crippen LogP contribution in [0.25, 0.3) is 10.6 Å². The molecular weight excluding hydrogens is 362 g/mol. The van der Waals surface area contributed by atoms with Gasteiger partial charge in [0.05, 0.1) is 15.6 Å². The summed E-state index contributed by atoms with van der Waals surface area (Å²) in [6, 6.07) is 3.47. The van der Waals surface area contributed by atoms with Gasteiger partial charge in [-0.3, -0.25) is 0 Å². The van der Waals surface area contributed by atoms with Crippen LogP contribution in [0, 0.1) is 6.92 Å².